The van der Waals surface area contributed by atoms with E-state index in [-0.39, 0.29) is 12.3 Å². The quantitative estimate of drug-likeness (QED) is 0.121. The Kier molecular flexibility index (Phi) is 7.55. The fraction of sp³-hybridized carbons (Fsp3) is 0.143. The monoisotopic (exact) mass is 484 g/mol. The van der Waals surface area contributed by atoms with Gasteiger partial charge in [0, 0.05) is 23.3 Å². The molecule has 0 amide bonds. The summed E-state index contributed by atoms with van der Waals surface area (Å²) in [4.78, 5) is 27.9. The van der Waals surface area contributed by atoms with E-state index in [0.717, 1.165) is 22.3 Å². The van der Waals surface area contributed by atoms with Crippen molar-refractivity contribution in [2.75, 3.05) is 6.61 Å². The van der Waals surface area contributed by atoms with Gasteiger partial charge in [-0.25, -0.2) is 4.79 Å². The molecule has 0 fully saturated rings. The van der Waals surface area contributed by atoms with E-state index in [4.69, 9.17) is 14.3 Å². The Bertz CT molecular complexity index is 1340. The number of hydrogen-bond donors (Lipinski definition) is 0. The van der Waals surface area contributed by atoms with Crippen molar-refractivity contribution in [1.29, 1.82) is 0 Å². The fourth-order valence-electron chi connectivity index (χ4n) is 3.75. The lowest BCUT2D eigenvalue weighted by Gasteiger charge is -2.17. The van der Waals surface area contributed by atoms with Crippen LogP contribution in [0.15, 0.2) is 90.1 Å². The third-order valence-corrected chi connectivity index (χ3v) is 5.40. The van der Waals surface area contributed by atoms with Crippen molar-refractivity contribution in [2.45, 2.75) is 20.0 Å². The molecule has 8 nitrogen and oxygen atoms in total. The van der Waals surface area contributed by atoms with Crippen LogP contribution < -0.4 is 9.47 Å². The topological polar surface area (TPSA) is 100 Å². The van der Waals surface area contributed by atoms with Gasteiger partial charge >= 0.3 is 5.97 Å². The highest BCUT2D eigenvalue weighted by Gasteiger charge is 2.27. The number of nitrogens with zero attached hydrogens (tertiary/aromatic N) is 2. The summed E-state index contributed by atoms with van der Waals surface area (Å²) >= 11 is 0. The van der Waals surface area contributed by atoms with Crippen molar-refractivity contribution < 1.29 is 24.0 Å². The number of oxime groups is 1. The van der Waals surface area contributed by atoms with E-state index < -0.39 is 10.9 Å². The van der Waals surface area contributed by atoms with Crippen molar-refractivity contribution in [3.8, 4) is 11.5 Å². The van der Waals surface area contributed by atoms with Gasteiger partial charge in [0.1, 0.15) is 12.3 Å². The van der Waals surface area contributed by atoms with Crippen LogP contribution in [0, 0.1) is 10.1 Å². The van der Waals surface area contributed by atoms with E-state index in [0.29, 0.717) is 35.8 Å². The smallest absolute Gasteiger partial charge is 0.368 e. The van der Waals surface area contributed by atoms with Gasteiger partial charge in [-0.15, -0.1) is 6.58 Å². The van der Waals surface area contributed by atoms with Crippen molar-refractivity contribution in [3.63, 3.8) is 0 Å². The van der Waals surface area contributed by atoms with E-state index in [1.807, 2.05) is 43.3 Å². The number of rotatable bonds is 10. The van der Waals surface area contributed by atoms with Crippen LogP contribution in [-0.4, -0.2) is 23.2 Å². The molecule has 0 saturated carbocycles. The number of allylic oxidation sites excluding steroid dienone is 1. The Hall–Kier alpha value is -4.72. The molecule has 3 aromatic carbocycles. The molecule has 0 spiro atoms. The lowest BCUT2D eigenvalue weighted by atomic mass is 9.99. The van der Waals surface area contributed by atoms with Crippen molar-refractivity contribution in [1.82, 2.24) is 0 Å². The van der Waals surface area contributed by atoms with Crippen LogP contribution >= 0.6 is 0 Å². The Morgan fingerprint density at radius 3 is 2.50 bits per heavy atom. The number of benzene rings is 3. The van der Waals surface area contributed by atoms with Crippen LogP contribution in [0.1, 0.15) is 29.2 Å². The highest BCUT2D eigenvalue weighted by atomic mass is 16.7. The van der Waals surface area contributed by atoms with E-state index in [2.05, 4.69) is 11.7 Å². The number of nitro benzene ring substituents is 1. The second-order valence-corrected chi connectivity index (χ2v) is 7.89. The van der Waals surface area contributed by atoms with Gasteiger partial charge in [0.25, 0.3) is 5.69 Å². The number of hydrogen-bond acceptors (Lipinski definition) is 7. The van der Waals surface area contributed by atoms with Crippen LogP contribution in [0.4, 0.5) is 5.69 Å². The first-order valence-electron chi connectivity index (χ1n) is 11.3. The molecular formula is C28H24N2O6. The first-order valence-corrected chi connectivity index (χ1v) is 11.3. The molecule has 0 atom stereocenters. The molecule has 0 aromatic heterocycles. The largest absolute Gasteiger partial charge is 0.490 e. The maximum absolute atomic E-state index is 12.5. The molecule has 0 unspecified atom stereocenters. The zero-order chi connectivity index (χ0) is 25.5. The molecule has 182 valence electrons. The number of ether oxygens (including phenoxy) is 2. The van der Waals surface area contributed by atoms with Gasteiger partial charge in [0.15, 0.2) is 11.5 Å². The summed E-state index contributed by atoms with van der Waals surface area (Å²) in [5, 5.41) is 14.9. The van der Waals surface area contributed by atoms with Crippen molar-refractivity contribution >= 4 is 23.4 Å². The zero-order valence-corrected chi connectivity index (χ0v) is 19.7. The Morgan fingerprint density at radius 1 is 1.08 bits per heavy atom. The van der Waals surface area contributed by atoms with Gasteiger partial charge in [-0.2, -0.15) is 0 Å². The minimum Gasteiger partial charge on any atom is -0.490 e. The van der Waals surface area contributed by atoms with Crippen LogP contribution in [0.5, 0.6) is 11.5 Å². The van der Waals surface area contributed by atoms with Gasteiger partial charge < -0.3 is 14.3 Å². The van der Waals surface area contributed by atoms with Crippen molar-refractivity contribution in [2.24, 2.45) is 5.16 Å². The highest BCUT2D eigenvalue weighted by molar-refractivity contribution is 6.31. The molecule has 0 aliphatic carbocycles. The fourth-order valence-corrected chi connectivity index (χ4v) is 3.75. The predicted molar refractivity (Wildman–Crippen MR) is 136 cm³/mol. The summed E-state index contributed by atoms with van der Waals surface area (Å²) in [6.45, 7) is 6.31. The molecule has 1 heterocycles. The molecule has 1 aliphatic heterocycles. The molecule has 1 aliphatic rings. The lowest BCUT2D eigenvalue weighted by molar-refractivity contribution is -0.384. The van der Waals surface area contributed by atoms with Crippen LogP contribution in [-0.2, 0) is 22.7 Å². The molecule has 36 heavy (non-hydrogen) atoms. The second-order valence-electron chi connectivity index (χ2n) is 7.89. The van der Waals surface area contributed by atoms with E-state index >= 15 is 0 Å². The lowest BCUT2D eigenvalue weighted by Crippen LogP contribution is -2.07. The Balaban J connectivity index is 1.68. The number of non-ortho nitro benzene ring substituents is 1. The van der Waals surface area contributed by atoms with Gasteiger partial charge in [0.05, 0.1) is 17.1 Å². The van der Waals surface area contributed by atoms with Gasteiger partial charge in [-0.1, -0.05) is 41.6 Å². The molecular weight excluding hydrogens is 460 g/mol. The van der Waals surface area contributed by atoms with Gasteiger partial charge in [-0.05, 0) is 54.8 Å². The number of carbonyl (C=O) groups is 1. The molecule has 0 saturated heterocycles. The van der Waals surface area contributed by atoms with Gasteiger partial charge in [0.2, 0.25) is 0 Å². The standard InChI is InChI=1S/C28H24N2O6/c1-3-8-22-15-20(16-24-26(29-36-28(24)31)21-9-6-5-7-10-21)17-25(34-4-2)27(22)35-18-19-11-13-23(14-12-19)30(32)33/h3,5-7,9-17H,1,4,8,18H2,2H3/b24-16-. The minimum atomic E-state index is -0.532. The Morgan fingerprint density at radius 2 is 1.83 bits per heavy atom. The average molecular weight is 485 g/mol. The SMILES string of the molecule is C=CCc1cc(/C=C2\C(=O)ON=C2c2ccccc2)cc(OCC)c1OCc1ccc([N+](=O)[O-])cc1. The average Bonchev–Trinajstić information content (AvgIpc) is 3.24. The van der Waals surface area contributed by atoms with E-state index in [1.165, 1.54) is 12.1 Å². The molecule has 0 N–H and O–H groups in total. The second kappa shape index (κ2) is 11.1. The number of carbonyl (C=O) groups excluding carboxylic acids is 1. The van der Waals surface area contributed by atoms with Gasteiger partial charge in [-0.3, -0.25) is 10.1 Å². The molecule has 0 bridgehead atoms. The summed E-state index contributed by atoms with van der Waals surface area (Å²) in [6, 6.07) is 19.2. The summed E-state index contributed by atoms with van der Waals surface area (Å²) in [5.74, 6) is 0.522. The molecule has 0 radical (unpaired) electrons. The number of nitro groups is 1. The summed E-state index contributed by atoms with van der Waals surface area (Å²) in [5.41, 5.74) is 3.90. The summed E-state index contributed by atoms with van der Waals surface area (Å²) in [7, 11) is 0. The van der Waals surface area contributed by atoms with E-state index in [9.17, 15) is 14.9 Å². The van der Waals surface area contributed by atoms with Crippen LogP contribution in [0.2, 0.25) is 0 Å². The van der Waals surface area contributed by atoms with Crippen LogP contribution in [0.3, 0.4) is 0 Å². The summed E-state index contributed by atoms with van der Waals surface area (Å²) in [6.07, 6.45) is 3.97. The third-order valence-electron chi connectivity index (χ3n) is 5.40. The minimum absolute atomic E-state index is 0.0161. The molecule has 8 heteroatoms. The molecule has 3 aromatic rings. The predicted octanol–water partition coefficient (Wildman–Crippen LogP) is 5.65. The van der Waals surface area contributed by atoms with Crippen molar-refractivity contribution in [3.05, 3.63) is 117 Å². The Labute approximate surface area is 208 Å². The molecule has 4 rings (SSSR count). The summed E-state index contributed by atoms with van der Waals surface area (Å²) < 4.78 is 12.0. The zero-order valence-electron chi connectivity index (χ0n) is 19.7. The first-order chi connectivity index (χ1) is 17.5. The maximum Gasteiger partial charge on any atom is 0.368 e. The third kappa shape index (κ3) is 5.50. The highest BCUT2D eigenvalue weighted by Crippen LogP contribution is 2.36. The van der Waals surface area contributed by atoms with E-state index in [1.54, 1.807) is 30.4 Å². The normalized spacial score (nSPS) is 13.8. The maximum atomic E-state index is 12.5. The van der Waals surface area contributed by atoms with Crippen LogP contribution in [0.25, 0.3) is 6.08 Å². The first kappa shape index (κ1) is 24.4.